The van der Waals surface area contributed by atoms with Gasteiger partial charge in [-0.2, -0.15) is 0 Å². The molecule has 1 fully saturated rings. The first kappa shape index (κ1) is 14.8. The van der Waals surface area contributed by atoms with Crippen molar-refractivity contribution in [3.63, 3.8) is 0 Å². The van der Waals surface area contributed by atoms with Crippen molar-refractivity contribution < 1.29 is 9.13 Å². The SMILES string of the molecule is COc1cc(F)c2c(c1)C(CN)N(C1CCN(C)CC1)C2. The summed E-state index contributed by atoms with van der Waals surface area (Å²) in [5, 5.41) is 0. The van der Waals surface area contributed by atoms with E-state index in [2.05, 4.69) is 16.8 Å². The molecule has 5 heteroatoms. The maximum Gasteiger partial charge on any atom is 0.131 e. The standard InChI is InChI=1S/C16H24FN3O/c1-19-5-3-11(4-6-19)20-10-14-13(16(20)9-18)7-12(21-2)8-15(14)17/h7-8,11,16H,3-6,9-10,18H2,1-2H3. The second-order valence-electron chi connectivity index (χ2n) is 6.14. The van der Waals surface area contributed by atoms with Crippen LogP contribution < -0.4 is 10.5 Å². The molecule has 1 aromatic carbocycles. The van der Waals surface area contributed by atoms with E-state index in [1.54, 1.807) is 7.11 Å². The minimum absolute atomic E-state index is 0.109. The molecule has 1 saturated heterocycles. The summed E-state index contributed by atoms with van der Waals surface area (Å²) >= 11 is 0. The molecule has 2 N–H and O–H groups in total. The van der Waals surface area contributed by atoms with Gasteiger partial charge in [-0.15, -0.1) is 0 Å². The van der Waals surface area contributed by atoms with E-state index in [0.29, 0.717) is 24.9 Å². The van der Waals surface area contributed by atoms with Gasteiger partial charge in [0, 0.05) is 36.8 Å². The number of ether oxygens (including phenoxy) is 1. The van der Waals surface area contributed by atoms with Crippen molar-refractivity contribution in [1.29, 1.82) is 0 Å². The van der Waals surface area contributed by atoms with Crippen molar-refractivity contribution in [3.05, 3.63) is 29.1 Å². The van der Waals surface area contributed by atoms with E-state index < -0.39 is 0 Å². The summed E-state index contributed by atoms with van der Waals surface area (Å²) < 4.78 is 19.5. The molecule has 1 unspecified atom stereocenters. The molecule has 2 aliphatic rings. The van der Waals surface area contributed by atoms with Crippen molar-refractivity contribution in [3.8, 4) is 5.75 Å². The Morgan fingerprint density at radius 1 is 1.33 bits per heavy atom. The van der Waals surface area contributed by atoms with Gasteiger partial charge in [0.15, 0.2) is 0 Å². The molecule has 0 spiro atoms. The average Bonchev–Trinajstić information content (AvgIpc) is 2.87. The van der Waals surface area contributed by atoms with Crippen LogP contribution in [0.15, 0.2) is 12.1 Å². The highest BCUT2D eigenvalue weighted by atomic mass is 19.1. The summed E-state index contributed by atoms with van der Waals surface area (Å²) in [4.78, 5) is 4.74. The molecule has 0 aliphatic carbocycles. The summed E-state index contributed by atoms with van der Waals surface area (Å²) in [7, 11) is 3.72. The smallest absolute Gasteiger partial charge is 0.131 e. The second kappa shape index (κ2) is 5.91. The van der Waals surface area contributed by atoms with Gasteiger partial charge in [0.2, 0.25) is 0 Å². The van der Waals surface area contributed by atoms with Crippen LogP contribution in [0.25, 0.3) is 0 Å². The first-order chi connectivity index (χ1) is 10.1. The molecular weight excluding hydrogens is 269 g/mol. The predicted octanol–water partition coefficient (Wildman–Crippen LogP) is 1.74. The molecule has 0 amide bonds. The topological polar surface area (TPSA) is 41.7 Å². The average molecular weight is 293 g/mol. The lowest BCUT2D eigenvalue weighted by Crippen LogP contribution is -2.44. The van der Waals surface area contributed by atoms with Crippen LogP contribution >= 0.6 is 0 Å². The first-order valence-electron chi connectivity index (χ1n) is 7.64. The third-order valence-electron chi connectivity index (χ3n) is 4.92. The molecule has 2 aliphatic heterocycles. The summed E-state index contributed by atoms with van der Waals surface area (Å²) in [6, 6.07) is 4.03. The van der Waals surface area contributed by atoms with E-state index in [-0.39, 0.29) is 11.9 Å². The Morgan fingerprint density at radius 3 is 2.67 bits per heavy atom. The Bertz CT molecular complexity index is 514. The Kier molecular flexibility index (Phi) is 4.15. The van der Waals surface area contributed by atoms with Crippen molar-refractivity contribution >= 4 is 0 Å². The molecule has 0 aromatic heterocycles. The number of nitrogens with two attached hydrogens (primary N) is 1. The van der Waals surface area contributed by atoms with E-state index >= 15 is 0 Å². The summed E-state index contributed by atoms with van der Waals surface area (Å²) in [5.74, 6) is 0.410. The van der Waals surface area contributed by atoms with Crippen LogP contribution in [0.1, 0.15) is 30.0 Å². The number of benzene rings is 1. The minimum Gasteiger partial charge on any atom is -0.497 e. The molecule has 116 valence electrons. The van der Waals surface area contributed by atoms with E-state index in [1.165, 1.54) is 6.07 Å². The normalized spacial score (nSPS) is 24.3. The van der Waals surface area contributed by atoms with E-state index in [9.17, 15) is 4.39 Å². The minimum atomic E-state index is -0.168. The Balaban J connectivity index is 1.87. The number of piperidine rings is 1. The van der Waals surface area contributed by atoms with Crippen LogP contribution in [-0.2, 0) is 6.54 Å². The molecule has 2 heterocycles. The number of halogens is 1. The predicted molar refractivity (Wildman–Crippen MR) is 80.8 cm³/mol. The van der Waals surface area contributed by atoms with Gasteiger partial charge in [-0.1, -0.05) is 0 Å². The lowest BCUT2D eigenvalue weighted by atomic mass is 10.0. The van der Waals surface area contributed by atoms with Gasteiger partial charge in [-0.3, -0.25) is 4.90 Å². The van der Waals surface area contributed by atoms with Crippen molar-refractivity contribution in [1.82, 2.24) is 9.80 Å². The van der Waals surface area contributed by atoms with Gasteiger partial charge in [0.1, 0.15) is 11.6 Å². The fourth-order valence-electron chi connectivity index (χ4n) is 3.66. The number of rotatable bonds is 3. The van der Waals surface area contributed by atoms with Gasteiger partial charge in [-0.05, 0) is 44.6 Å². The van der Waals surface area contributed by atoms with Crippen LogP contribution in [0.5, 0.6) is 5.75 Å². The number of hydrogen-bond donors (Lipinski definition) is 1. The lowest BCUT2D eigenvalue weighted by molar-refractivity contribution is 0.0904. The van der Waals surface area contributed by atoms with E-state index in [0.717, 1.165) is 37.1 Å². The zero-order chi connectivity index (χ0) is 15.0. The maximum atomic E-state index is 14.3. The number of nitrogens with zero attached hydrogens (tertiary/aromatic N) is 2. The molecule has 0 radical (unpaired) electrons. The fraction of sp³-hybridized carbons (Fsp3) is 0.625. The summed E-state index contributed by atoms with van der Waals surface area (Å²) in [6.45, 7) is 3.38. The quantitative estimate of drug-likeness (QED) is 0.922. The van der Waals surface area contributed by atoms with Crippen LogP contribution in [0.3, 0.4) is 0 Å². The molecule has 3 rings (SSSR count). The first-order valence-corrected chi connectivity index (χ1v) is 7.64. The zero-order valence-corrected chi connectivity index (χ0v) is 12.8. The zero-order valence-electron chi connectivity index (χ0n) is 12.8. The third-order valence-corrected chi connectivity index (χ3v) is 4.92. The van der Waals surface area contributed by atoms with Crippen LogP contribution in [0.2, 0.25) is 0 Å². The molecule has 0 bridgehead atoms. The molecule has 1 atom stereocenters. The number of fused-ring (bicyclic) bond motifs is 1. The highest BCUT2D eigenvalue weighted by Gasteiger charge is 2.37. The third kappa shape index (κ3) is 2.65. The molecular formula is C16H24FN3O. The van der Waals surface area contributed by atoms with E-state index in [4.69, 9.17) is 10.5 Å². The van der Waals surface area contributed by atoms with Gasteiger partial charge < -0.3 is 15.4 Å². The maximum absolute atomic E-state index is 14.3. The fourth-order valence-corrected chi connectivity index (χ4v) is 3.66. The second-order valence-corrected chi connectivity index (χ2v) is 6.14. The van der Waals surface area contributed by atoms with Crippen molar-refractivity contribution in [2.45, 2.75) is 31.5 Å². The monoisotopic (exact) mass is 293 g/mol. The molecule has 1 aromatic rings. The highest BCUT2D eigenvalue weighted by molar-refractivity contribution is 5.42. The van der Waals surface area contributed by atoms with Crippen LogP contribution in [0, 0.1) is 5.82 Å². The van der Waals surface area contributed by atoms with Gasteiger partial charge in [-0.25, -0.2) is 4.39 Å². The lowest BCUT2D eigenvalue weighted by Gasteiger charge is -2.38. The Labute approximate surface area is 125 Å². The summed E-state index contributed by atoms with van der Waals surface area (Å²) in [5.41, 5.74) is 7.80. The van der Waals surface area contributed by atoms with Gasteiger partial charge in [0.05, 0.1) is 7.11 Å². The summed E-state index contributed by atoms with van der Waals surface area (Å²) in [6.07, 6.45) is 2.25. The highest BCUT2D eigenvalue weighted by Crippen LogP contribution is 2.39. The number of methoxy groups -OCH3 is 1. The Hall–Kier alpha value is -1.17. The largest absolute Gasteiger partial charge is 0.497 e. The Morgan fingerprint density at radius 2 is 2.05 bits per heavy atom. The van der Waals surface area contributed by atoms with Crippen LogP contribution in [0.4, 0.5) is 4.39 Å². The number of likely N-dealkylation sites (tertiary alicyclic amines) is 1. The molecule has 0 saturated carbocycles. The van der Waals surface area contributed by atoms with Crippen molar-refractivity contribution in [2.75, 3.05) is 33.8 Å². The molecule has 21 heavy (non-hydrogen) atoms. The van der Waals surface area contributed by atoms with E-state index in [1.807, 2.05) is 6.07 Å². The van der Waals surface area contributed by atoms with Crippen molar-refractivity contribution in [2.24, 2.45) is 5.73 Å². The van der Waals surface area contributed by atoms with Crippen LogP contribution in [-0.4, -0.2) is 49.6 Å². The number of hydrogen-bond acceptors (Lipinski definition) is 4. The van der Waals surface area contributed by atoms with Gasteiger partial charge >= 0.3 is 0 Å². The van der Waals surface area contributed by atoms with Gasteiger partial charge in [0.25, 0.3) is 0 Å². The molecule has 4 nitrogen and oxygen atoms in total.